The molecule has 0 aliphatic rings. The van der Waals surface area contributed by atoms with Gasteiger partial charge in [-0.3, -0.25) is 0 Å². The van der Waals surface area contributed by atoms with Gasteiger partial charge in [-0.05, 0) is 6.42 Å². The molecule has 1 rings (SSSR count). The normalized spacial score (nSPS) is 9.85. The summed E-state index contributed by atoms with van der Waals surface area (Å²) in [5, 5.41) is 12.6. The van der Waals surface area contributed by atoms with Crippen LogP contribution >= 0.6 is 0 Å². The summed E-state index contributed by atoms with van der Waals surface area (Å²) in [6, 6.07) is 1.93. The van der Waals surface area contributed by atoms with Crippen molar-refractivity contribution in [2.45, 2.75) is 26.3 Å². The molecule has 70 valence electrons. The van der Waals surface area contributed by atoms with Crippen LogP contribution in [0.1, 0.15) is 25.3 Å². The lowest BCUT2D eigenvalue weighted by Gasteiger charge is -2.00. The third kappa shape index (κ3) is 1.72. The molecule has 4 N–H and O–H groups in total. The van der Waals surface area contributed by atoms with Crippen molar-refractivity contribution in [1.29, 1.82) is 5.26 Å². The number of nitriles is 1. The van der Waals surface area contributed by atoms with Crippen molar-refractivity contribution in [2.24, 2.45) is 0 Å². The van der Waals surface area contributed by atoms with Gasteiger partial charge in [-0.25, -0.2) is 4.68 Å². The van der Waals surface area contributed by atoms with E-state index in [-0.39, 0.29) is 11.4 Å². The van der Waals surface area contributed by atoms with Crippen molar-refractivity contribution in [1.82, 2.24) is 9.78 Å². The molecule has 0 aromatic carbocycles. The molecule has 0 bridgehead atoms. The summed E-state index contributed by atoms with van der Waals surface area (Å²) in [6.45, 7) is 2.79. The summed E-state index contributed by atoms with van der Waals surface area (Å²) in [6.07, 6.45) is 2.04. The van der Waals surface area contributed by atoms with Crippen LogP contribution in [0.5, 0.6) is 0 Å². The fourth-order valence-corrected chi connectivity index (χ4v) is 1.09. The fourth-order valence-electron chi connectivity index (χ4n) is 1.09. The highest BCUT2D eigenvalue weighted by Crippen LogP contribution is 2.17. The summed E-state index contributed by atoms with van der Waals surface area (Å²) in [5.41, 5.74) is 11.4. The number of hydrogen-bond acceptors (Lipinski definition) is 4. The Morgan fingerprint density at radius 1 is 1.54 bits per heavy atom. The van der Waals surface area contributed by atoms with E-state index in [2.05, 4.69) is 12.0 Å². The number of rotatable bonds is 3. The summed E-state index contributed by atoms with van der Waals surface area (Å²) < 4.78 is 1.58. The van der Waals surface area contributed by atoms with E-state index in [4.69, 9.17) is 16.7 Å². The first kappa shape index (κ1) is 9.39. The average Bonchev–Trinajstić information content (AvgIpc) is 2.38. The smallest absolute Gasteiger partial charge is 0.165 e. The molecule has 0 atom stereocenters. The number of anilines is 2. The first-order valence-corrected chi connectivity index (χ1v) is 4.22. The van der Waals surface area contributed by atoms with Crippen LogP contribution < -0.4 is 11.5 Å². The molecule has 0 aliphatic heterocycles. The van der Waals surface area contributed by atoms with Crippen LogP contribution in [0.15, 0.2) is 0 Å². The minimum atomic E-state index is 0.219. The predicted octanol–water partition coefficient (Wildman–Crippen LogP) is 0.719. The van der Waals surface area contributed by atoms with Gasteiger partial charge in [-0.1, -0.05) is 13.3 Å². The lowest BCUT2D eigenvalue weighted by atomic mass is 10.3. The first-order chi connectivity index (χ1) is 6.20. The minimum Gasteiger partial charge on any atom is -0.383 e. The maximum absolute atomic E-state index is 8.67. The molecule has 13 heavy (non-hydrogen) atoms. The Balaban J connectivity index is 2.92. The van der Waals surface area contributed by atoms with E-state index in [0.717, 1.165) is 12.8 Å². The summed E-state index contributed by atoms with van der Waals surface area (Å²) in [4.78, 5) is 0. The molecule has 0 amide bonds. The molecular weight excluding hydrogens is 166 g/mol. The summed E-state index contributed by atoms with van der Waals surface area (Å²) in [5.74, 6) is 0.588. The van der Waals surface area contributed by atoms with Crippen LogP contribution in [-0.4, -0.2) is 9.78 Å². The molecule has 0 saturated carbocycles. The molecule has 5 nitrogen and oxygen atoms in total. The molecule has 1 aromatic heterocycles. The van der Waals surface area contributed by atoms with E-state index in [0.29, 0.717) is 12.4 Å². The Hall–Kier alpha value is -1.70. The third-order valence-electron chi connectivity index (χ3n) is 1.85. The number of hydrogen-bond donors (Lipinski definition) is 2. The molecule has 0 unspecified atom stereocenters. The third-order valence-corrected chi connectivity index (χ3v) is 1.85. The number of nitrogen functional groups attached to an aromatic ring is 2. The summed E-state index contributed by atoms with van der Waals surface area (Å²) in [7, 11) is 0. The second kappa shape index (κ2) is 3.81. The van der Waals surface area contributed by atoms with Gasteiger partial charge in [-0.15, -0.1) is 0 Å². The van der Waals surface area contributed by atoms with Crippen molar-refractivity contribution in [3.63, 3.8) is 0 Å². The molecule has 0 fully saturated rings. The lowest BCUT2D eigenvalue weighted by molar-refractivity contribution is 0.581. The number of nitrogens with zero attached hydrogens (tertiary/aromatic N) is 3. The SMILES string of the molecule is CCCCn1nc(N)c(C#N)c1N. The van der Waals surface area contributed by atoms with Gasteiger partial charge in [0.15, 0.2) is 5.82 Å². The highest BCUT2D eigenvalue weighted by Gasteiger charge is 2.11. The Kier molecular flexibility index (Phi) is 2.75. The summed E-state index contributed by atoms with van der Waals surface area (Å²) >= 11 is 0. The number of aryl methyl sites for hydroxylation is 1. The number of aromatic nitrogens is 2. The molecule has 1 aromatic rings. The molecule has 0 spiro atoms. The maximum Gasteiger partial charge on any atom is 0.165 e. The van der Waals surface area contributed by atoms with Crippen LogP contribution in [0.4, 0.5) is 11.6 Å². The Labute approximate surface area is 76.9 Å². The second-order valence-corrected chi connectivity index (χ2v) is 2.83. The van der Waals surface area contributed by atoms with E-state index in [1.54, 1.807) is 4.68 Å². The fraction of sp³-hybridized carbons (Fsp3) is 0.500. The zero-order chi connectivity index (χ0) is 9.84. The molecule has 0 saturated heterocycles. The highest BCUT2D eigenvalue weighted by molar-refractivity contribution is 5.61. The minimum absolute atomic E-state index is 0.219. The van der Waals surface area contributed by atoms with E-state index in [9.17, 15) is 0 Å². The van der Waals surface area contributed by atoms with Crippen LogP contribution in [0.3, 0.4) is 0 Å². The van der Waals surface area contributed by atoms with Gasteiger partial charge in [0.25, 0.3) is 0 Å². The standard InChI is InChI=1S/C8H13N5/c1-2-3-4-13-8(11)6(5-9)7(10)12-13/h2-4,11H2,1H3,(H2,10,12). The van der Waals surface area contributed by atoms with Crippen LogP contribution in [0.2, 0.25) is 0 Å². The maximum atomic E-state index is 8.67. The van der Waals surface area contributed by atoms with E-state index in [1.165, 1.54) is 0 Å². The quantitative estimate of drug-likeness (QED) is 0.714. The van der Waals surface area contributed by atoms with Crippen molar-refractivity contribution >= 4 is 11.6 Å². The van der Waals surface area contributed by atoms with E-state index in [1.807, 2.05) is 6.07 Å². The van der Waals surface area contributed by atoms with Crippen molar-refractivity contribution in [3.8, 4) is 6.07 Å². The van der Waals surface area contributed by atoms with E-state index < -0.39 is 0 Å². The topological polar surface area (TPSA) is 93.6 Å². The molecular formula is C8H13N5. The van der Waals surface area contributed by atoms with Gasteiger partial charge in [0, 0.05) is 6.54 Å². The van der Waals surface area contributed by atoms with Crippen LogP contribution in [0, 0.1) is 11.3 Å². The number of unbranched alkanes of at least 4 members (excludes halogenated alkanes) is 1. The zero-order valence-corrected chi connectivity index (χ0v) is 7.62. The van der Waals surface area contributed by atoms with Crippen molar-refractivity contribution < 1.29 is 0 Å². The van der Waals surface area contributed by atoms with E-state index >= 15 is 0 Å². The van der Waals surface area contributed by atoms with Gasteiger partial charge in [0.05, 0.1) is 0 Å². The van der Waals surface area contributed by atoms with Crippen molar-refractivity contribution in [2.75, 3.05) is 11.5 Å². The van der Waals surface area contributed by atoms with Gasteiger partial charge in [0.2, 0.25) is 0 Å². The molecule has 0 radical (unpaired) electrons. The average molecular weight is 179 g/mol. The molecule has 1 heterocycles. The molecule has 0 aliphatic carbocycles. The van der Waals surface area contributed by atoms with Crippen molar-refractivity contribution in [3.05, 3.63) is 5.56 Å². The van der Waals surface area contributed by atoms with Gasteiger partial charge in [-0.2, -0.15) is 10.4 Å². The Bertz CT molecular complexity index is 333. The predicted molar refractivity (Wildman–Crippen MR) is 50.7 cm³/mol. The van der Waals surface area contributed by atoms with Gasteiger partial charge in [0.1, 0.15) is 17.5 Å². The second-order valence-electron chi connectivity index (χ2n) is 2.83. The van der Waals surface area contributed by atoms with Gasteiger partial charge >= 0.3 is 0 Å². The molecule has 5 heteroatoms. The lowest BCUT2D eigenvalue weighted by Crippen LogP contribution is -2.05. The highest BCUT2D eigenvalue weighted by atomic mass is 15.3. The van der Waals surface area contributed by atoms with Gasteiger partial charge < -0.3 is 11.5 Å². The largest absolute Gasteiger partial charge is 0.383 e. The Morgan fingerprint density at radius 3 is 2.69 bits per heavy atom. The first-order valence-electron chi connectivity index (χ1n) is 4.22. The van der Waals surface area contributed by atoms with Crippen LogP contribution in [-0.2, 0) is 6.54 Å². The van der Waals surface area contributed by atoms with Crippen LogP contribution in [0.25, 0.3) is 0 Å². The zero-order valence-electron chi connectivity index (χ0n) is 7.62. The Morgan fingerprint density at radius 2 is 2.23 bits per heavy atom. The number of nitrogens with two attached hydrogens (primary N) is 2. The monoisotopic (exact) mass is 179 g/mol.